The molecule has 0 radical (unpaired) electrons. The minimum Gasteiger partial charge on any atom is -0.497 e. The molecule has 0 aromatic heterocycles. The summed E-state index contributed by atoms with van der Waals surface area (Å²) in [5.41, 5.74) is 1.47. The van der Waals surface area contributed by atoms with Gasteiger partial charge in [0.05, 0.1) is 24.7 Å². The number of aryl methyl sites for hydroxylation is 1. The van der Waals surface area contributed by atoms with Gasteiger partial charge < -0.3 is 14.8 Å². The molecule has 0 saturated carbocycles. The van der Waals surface area contributed by atoms with E-state index in [0.29, 0.717) is 61.2 Å². The van der Waals surface area contributed by atoms with E-state index in [2.05, 4.69) is 10.2 Å². The predicted octanol–water partition coefficient (Wildman–Crippen LogP) is 2.17. The molecule has 0 spiro atoms. The summed E-state index contributed by atoms with van der Waals surface area (Å²) in [4.78, 5) is 15.0. The van der Waals surface area contributed by atoms with Gasteiger partial charge in [0, 0.05) is 45.3 Å². The van der Waals surface area contributed by atoms with Crippen LogP contribution in [0.3, 0.4) is 0 Å². The summed E-state index contributed by atoms with van der Waals surface area (Å²) in [6.45, 7) is 5.12. The molecule has 1 heterocycles. The van der Waals surface area contributed by atoms with Crippen LogP contribution in [-0.2, 0) is 10.0 Å². The lowest BCUT2D eigenvalue weighted by atomic mass is 10.1. The summed E-state index contributed by atoms with van der Waals surface area (Å²) in [6, 6.07) is 12.0. The number of nitrogens with one attached hydrogen (secondary N) is 1. The Morgan fingerprint density at radius 2 is 1.66 bits per heavy atom. The fraction of sp³-hybridized carbons (Fsp3) is 0.409. The Kier molecular flexibility index (Phi) is 9.33. The van der Waals surface area contributed by atoms with E-state index < -0.39 is 10.0 Å². The number of nitrogens with zero attached hydrogens (tertiary/aromatic N) is 2. The standard InChI is InChI=1S/C22H29N3O5S.ClH/c1-17-4-7-19(8-5-17)31(27,28)25-14-12-24(13-15-25)11-10-23-22(26)20-9-6-18(29-2)16-21(20)30-3;/h4-9,16H,10-15H2,1-3H3,(H,23,26);1H. The van der Waals surface area contributed by atoms with E-state index in [-0.39, 0.29) is 18.3 Å². The van der Waals surface area contributed by atoms with Gasteiger partial charge in [-0.1, -0.05) is 17.7 Å². The van der Waals surface area contributed by atoms with Crippen LogP contribution in [0.15, 0.2) is 47.4 Å². The van der Waals surface area contributed by atoms with E-state index in [1.165, 1.54) is 11.4 Å². The molecule has 1 aliphatic rings. The molecular formula is C22H30ClN3O5S. The first-order chi connectivity index (χ1) is 14.8. The number of methoxy groups -OCH3 is 2. The van der Waals surface area contributed by atoms with Gasteiger partial charge in [0.1, 0.15) is 11.5 Å². The van der Waals surface area contributed by atoms with Crippen molar-refractivity contribution in [3.05, 3.63) is 53.6 Å². The first-order valence-corrected chi connectivity index (χ1v) is 11.6. The first-order valence-electron chi connectivity index (χ1n) is 10.1. The second kappa shape index (κ2) is 11.5. The summed E-state index contributed by atoms with van der Waals surface area (Å²) < 4.78 is 37.6. The fourth-order valence-electron chi connectivity index (χ4n) is 3.46. The van der Waals surface area contributed by atoms with Crippen LogP contribution >= 0.6 is 12.4 Å². The van der Waals surface area contributed by atoms with E-state index in [1.807, 2.05) is 19.1 Å². The Bertz CT molecular complexity index is 1010. The molecule has 2 aromatic rings. The number of carbonyl (C=O) groups excluding carboxylic acids is 1. The van der Waals surface area contributed by atoms with Gasteiger partial charge in [-0.05, 0) is 31.2 Å². The zero-order valence-corrected chi connectivity index (χ0v) is 20.2. The highest BCUT2D eigenvalue weighted by Crippen LogP contribution is 2.24. The third-order valence-corrected chi connectivity index (χ3v) is 7.27. The zero-order valence-electron chi connectivity index (χ0n) is 18.5. The second-order valence-electron chi connectivity index (χ2n) is 7.38. The molecule has 176 valence electrons. The normalized spacial score (nSPS) is 15.0. The van der Waals surface area contributed by atoms with Gasteiger partial charge in [-0.25, -0.2) is 8.42 Å². The molecule has 1 aliphatic heterocycles. The number of hydrogen-bond donors (Lipinski definition) is 1. The summed E-state index contributed by atoms with van der Waals surface area (Å²) in [6.07, 6.45) is 0. The quantitative estimate of drug-likeness (QED) is 0.619. The molecule has 0 aliphatic carbocycles. The number of rotatable bonds is 8. The van der Waals surface area contributed by atoms with E-state index in [0.717, 1.165) is 5.56 Å². The minimum atomic E-state index is -3.47. The van der Waals surface area contributed by atoms with Crippen LogP contribution < -0.4 is 14.8 Å². The van der Waals surface area contributed by atoms with Gasteiger partial charge >= 0.3 is 0 Å². The lowest BCUT2D eigenvalue weighted by Gasteiger charge is -2.34. The van der Waals surface area contributed by atoms with Crippen LogP contribution in [-0.4, -0.2) is 77.0 Å². The largest absolute Gasteiger partial charge is 0.497 e. The smallest absolute Gasteiger partial charge is 0.255 e. The molecule has 10 heteroatoms. The van der Waals surface area contributed by atoms with E-state index in [9.17, 15) is 13.2 Å². The summed E-state index contributed by atoms with van der Waals surface area (Å²) in [5.74, 6) is 0.846. The van der Waals surface area contributed by atoms with Gasteiger partial charge in [0.25, 0.3) is 5.91 Å². The van der Waals surface area contributed by atoms with Gasteiger partial charge in [-0.3, -0.25) is 9.69 Å². The lowest BCUT2D eigenvalue weighted by Crippen LogP contribution is -2.50. The number of carbonyl (C=O) groups is 1. The van der Waals surface area contributed by atoms with Crippen molar-refractivity contribution in [2.75, 3.05) is 53.5 Å². The number of amides is 1. The number of hydrogen-bond acceptors (Lipinski definition) is 6. The average molecular weight is 484 g/mol. The second-order valence-corrected chi connectivity index (χ2v) is 9.32. The maximum absolute atomic E-state index is 12.8. The third kappa shape index (κ3) is 6.13. The van der Waals surface area contributed by atoms with Gasteiger partial charge in [-0.15, -0.1) is 12.4 Å². The number of benzene rings is 2. The van der Waals surface area contributed by atoms with Gasteiger partial charge in [-0.2, -0.15) is 4.31 Å². The average Bonchev–Trinajstić information content (AvgIpc) is 2.79. The van der Waals surface area contributed by atoms with Crippen molar-refractivity contribution < 1.29 is 22.7 Å². The van der Waals surface area contributed by atoms with Crippen molar-refractivity contribution in [2.45, 2.75) is 11.8 Å². The van der Waals surface area contributed by atoms with Crippen LogP contribution in [0.2, 0.25) is 0 Å². The molecule has 8 nitrogen and oxygen atoms in total. The topological polar surface area (TPSA) is 88.2 Å². The summed E-state index contributed by atoms with van der Waals surface area (Å²) >= 11 is 0. The Balaban J connectivity index is 0.00000363. The Labute approximate surface area is 196 Å². The summed E-state index contributed by atoms with van der Waals surface area (Å²) in [7, 11) is -0.407. The SMILES string of the molecule is COc1ccc(C(=O)NCCN2CCN(S(=O)(=O)c3ccc(C)cc3)CC2)c(OC)c1.Cl. The highest BCUT2D eigenvalue weighted by Gasteiger charge is 2.28. The van der Waals surface area contributed by atoms with E-state index >= 15 is 0 Å². The predicted molar refractivity (Wildman–Crippen MR) is 126 cm³/mol. The Hall–Kier alpha value is -2.33. The molecule has 0 atom stereocenters. The molecule has 1 amide bonds. The first kappa shape index (κ1) is 25.9. The molecule has 0 bridgehead atoms. The zero-order chi connectivity index (χ0) is 22.4. The number of halogens is 1. The van der Waals surface area contributed by atoms with Crippen LogP contribution in [0.4, 0.5) is 0 Å². The Morgan fingerprint density at radius 3 is 2.25 bits per heavy atom. The minimum absolute atomic E-state index is 0. The summed E-state index contributed by atoms with van der Waals surface area (Å²) in [5, 5.41) is 2.90. The van der Waals surface area contributed by atoms with Crippen LogP contribution in [0.1, 0.15) is 15.9 Å². The van der Waals surface area contributed by atoms with Crippen LogP contribution in [0.25, 0.3) is 0 Å². The van der Waals surface area contributed by atoms with Gasteiger partial charge in [0.2, 0.25) is 10.0 Å². The monoisotopic (exact) mass is 483 g/mol. The van der Waals surface area contributed by atoms with Crippen molar-refractivity contribution in [1.82, 2.24) is 14.5 Å². The molecule has 1 saturated heterocycles. The van der Waals surface area contributed by atoms with E-state index in [1.54, 1.807) is 37.4 Å². The van der Waals surface area contributed by atoms with Crippen molar-refractivity contribution in [3.8, 4) is 11.5 Å². The number of sulfonamides is 1. The molecule has 1 fully saturated rings. The molecule has 2 aromatic carbocycles. The highest BCUT2D eigenvalue weighted by atomic mass is 35.5. The van der Waals surface area contributed by atoms with Crippen molar-refractivity contribution in [1.29, 1.82) is 0 Å². The maximum Gasteiger partial charge on any atom is 0.255 e. The van der Waals surface area contributed by atoms with E-state index in [4.69, 9.17) is 9.47 Å². The van der Waals surface area contributed by atoms with Crippen molar-refractivity contribution in [3.63, 3.8) is 0 Å². The number of piperazine rings is 1. The van der Waals surface area contributed by atoms with Gasteiger partial charge in [0.15, 0.2) is 0 Å². The third-order valence-electron chi connectivity index (χ3n) is 5.36. The maximum atomic E-state index is 12.8. The highest BCUT2D eigenvalue weighted by molar-refractivity contribution is 7.89. The van der Waals surface area contributed by atoms with Crippen LogP contribution in [0, 0.1) is 6.92 Å². The van der Waals surface area contributed by atoms with Crippen molar-refractivity contribution >= 4 is 28.3 Å². The Morgan fingerprint density at radius 1 is 1.00 bits per heavy atom. The number of ether oxygens (including phenoxy) is 2. The molecular weight excluding hydrogens is 454 g/mol. The molecule has 0 unspecified atom stereocenters. The van der Waals surface area contributed by atoms with Crippen molar-refractivity contribution in [2.24, 2.45) is 0 Å². The lowest BCUT2D eigenvalue weighted by molar-refractivity contribution is 0.0942. The fourth-order valence-corrected chi connectivity index (χ4v) is 4.88. The molecule has 3 rings (SSSR count). The van der Waals surface area contributed by atoms with Crippen LogP contribution in [0.5, 0.6) is 11.5 Å². The molecule has 1 N–H and O–H groups in total. The molecule has 32 heavy (non-hydrogen) atoms.